The second-order valence-electron chi connectivity index (χ2n) is 6.22. The van der Waals surface area contributed by atoms with Crippen LogP contribution in [0, 0.1) is 5.82 Å². The molecular formula is C15H22ClFN2O2. The Morgan fingerprint density at radius 2 is 2.00 bits per heavy atom. The zero-order valence-corrected chi connectivity index (χ0v) is 13.6. The molecule has 0 aromatic heterocycles. The van der Waals surface area contributed by atoms with E-state index >= 15 is 0 Å². The predicted molar refractivity (Wildman–Crippen MR) is 82.1 cm³/mol. The molecule has 0 bridgehead atoms. The number of carbonyl (C=O) groups excluding carboxylic acids is 1. The molecule has 0 aliphatic carbocycles. The molecule has 0 radical (unpaired) electrons. The van der Waals surface area contributed by atoms with Crippen molar-refractivity contribution >= 4 is 17.7 Å². The number of carbonyl (C=O) groups is 1. The van der Waals surface area contributed by atoms with Gasteiger partial charge in [0, 0.05) is 18.5 Å². The highest BCUT2D eigenvalue weighted by Crippen LogP contribution is 2.28. The van der Waals surface area contributed by atoms with Crippen molar-refractivity contribution in [2.75, 3.05) is 13.1 Å². The van der Waals surface area contributed by atoms with E-state index in [1.165, 1.54) is 6.07 Å². The second-order valence-corrected chi connectivity index (χ2v) is 6.63. The average molecular weight is 317 g/mol. The Morgan fingerprint density at radius 3 is 2.52 bits per heavy atom. The Bertz CT molecular complexity index is 517. The van der Waals surface area contributed by atoms with Gasteiger partial charge in [0.25, 0.3) is 0 Å². The van der Waals surface area contributed by atoms with Crippen molar-refractivity contribution in [1.82, 2.24) is 5.32 Å². The van der Waals surface area contributed by atoms with Crippen LogP contribution in [-0.2, 0) is 10.2 Å². The number of ether oxygens (including phenoxy) is 1. The van der Waals surface area contributed by atoms with Crippen LogP contribution in [0.3, 0.4) is 0 Å². The number of hydrogen-bond donors (Lipinski definition) is 2. The molecule has 4 nitrogen and oxygen atoms in total. The van der Waals surface area contributed by atoms with Crippen LogP contribution in [0.15, 0.2) is 18.2 Å². The fraction of sp³-hybridized carbons (Fsp3) is 0.533. The third-order valence-electron chi connectivity index (χ3n) is 3.07. The fourth-order valence-corrected chi connectivity index (χ4v) is 2.00. The number of nitrogens with two attached hydrogens (primary N) is 1. The smallest absolute Gasteiger partial charge is 0.407 e. The highest BCUT2D eigenvalue weighted by Gasteiger charge is 2.30. The molecule has 1 amide bonds. The monoisotopic (exact) mass is 316 g/mol. The van der Waals surface area contributed by atoms with Crippen LogP contribution in [0.1, 0.15) is 33.3 Å². The summed E-state index contributed by atoms with van der Waals surface area (Å²) in [5, 5.41) is 2.66. The molecule has 6 heteroatoms. The number of alkyl carbamates (subject to hydrolysis) is 1. The standard InChI is InChI=1S/C15H22ClFN2O2/c1-14(2,3)21-13(20)19-9-15(4,8-18)10-6-5-7-11(16)12(10)17/h5-7H,8-9,18H2,1-4H3,(H,19,20). The van der Waals surface area contributed by atoms with Gasteiger partial charge in [0.1, 0.15) is 11.4 Å². The van der Waals surface area contributed by atoms with E-state index in [0.29, 0.717) is 5.56 Å². The maximum absolute atomic E-state index is 14.1. The van der Waals surface area contributed by atoms with Crippen molar-refractivity contribution in [3.8, 4) is 0 Å². The summed E-state index contributed by atoms with van der Waals surface area (Å²) in [6, 6.07) is 4.74. The summed E-state index contributed by atoms with van der Waals surface area (Å²) in [7, 11) is 0. The Kier molecular flexibility index (Phi) is 5.59. The number of hydrogen-bond acceptors (Lipinski definition) is 3. The number of nitrogens with one attached hydrogen (secondary N) is 1. The van der Waals surface area contributed by atoms with Gasteiger partial charge in [-0.2, -0.15) is 0 Å². The Morgan fingerprint density at radius 1 is 1.38 bits per heavy atom. The fourth-order valence-electron chi connectivity index (χ4n) is 1.83. The highest BCUT2D eigenvalue weighted by atomic mass is 35.5. The van der Waals surface area contributed by atoms with E-state index in [-0.39, 0.29) is 18.1 Å². The topological polar surface area (TPSA) is 64.3 Å². The second kappa shape index (κ2) is 6.62. The molecule has 0 heterocycles. The van der Waals surface area contributed by atoms with Gasteiger partial charge in [-0.1, -0.05) is 30.7 Å². The van der Waals surface area contributed by atoms with E-state index in [9.17, 15) is 9.18 Å². The zero-order chi connectivity index (χ0) is 16.3. The molecule has 0 aliphatic rings. The Hall–Kier alpha value is -1.33. The molecule has 118 valence electrons. The first-order chi connectivity index (χ1) is 9.59. The van der Waals surface area contributed by atoms with Crippen molar-refractivity contribution in [1.29, 1.82) is 0 Å². The summed E-state index contributed by atoms with van der Waals surface area (Å²) in [5.41, 5.74) is 4.77. The molecule has 1 aromatic carbocycles. The van der Waals surface area contributed by atoms with Crippen LogP contribution >= 0.6 is 11.6 Å². The summed E-state index contributed by atoms with van der Waals surface area (Å²) in [4.78, 5) is 11.7. The largest absolute Gasteiger partial charge is 0.444 e. The van der Waals surface area contributed by atoms with E-state index in [0.717, 1.165) is 0 Å². The molecule has 0 saturated heterocycles. The van der Waals surface area contributed by atoms with Crippen molar-refractivity contribution in [3.63, 3.8) is 0 Å². The molecule has 0 saturated carbocycles. The van der Waals surface area contributed by atoms with Crippen LogP contribution in [0.2, 0.25) is 5.02 Å². The van der Waals surface area contributed by atoms with E-state index in [1.54, 1.807) is 39.8 Å². The maximum atomic E-state index is 14.1. The maximum Gasteiger partial charge on any atom is 0.407 e. The molecule has 1 aromatic rings. The quantitative estimate of drug-likeness (QED) is 0.896. The molecule has 0 aliphatic heterocycles. The van der Waals surface area contributed by atoms with Crippen molar-refractivity contribution in [2.45, 2.75) is 38.7 Å². The molecule has 0 fully saturated rings. The molecule has 1 atom stereocenters. The SMILES string of the molecule is CC(C)(C)OC(=O)NCC(C)(CN)c1cccc(Cl)c1F. The van der Waals surface area contributed by atoms with E-state index in [4.69, 9.17) is 22.1 Å². The lowest BCUT2D eigenvalue weighted by molar-refractivity contribution is 0.0516. The Balaban J connectivity index is 2.86. The van der Waals surface area contributed by atoms with Crippen LogP contribution in [0.4, 0.5) is 9.18 Å². The summed E-state index contributed by atoms with van der Waals surface area (Å²) < 4.78 is 19.3. The number of halogens is 2. The van der Waals surface area contributed by atoms with Gasteiger partial charge < -0.3 is 15.8 Å². The van der Waals surface area contributed by atoms with Gasteiger partial charge in [-0.3, -0.25) is 0 Å². The first-order valence-corrected chi connectivity index (χ1v) is 7.08. The number of rotatable bonds is 4. The molecule has 3 N–H and O–H groups in total. The van der Waals surface area contributed by atoms with Gasteiger partial charge in [0.15, 0.2) is 0 Å². The summed E-state index contributed by atoms with van der Waals surface area (Å²) >= 11 is 5.80. The predicted octanol–water partition coefficient (Wildman–Crippen LogP) is 3.22. The zero-order valence-electron chi connectivity index (χ0n) is 12.8. The average Bonchev–Trinajstić information content (AvgIpc) is 2.37. The minimum atomic E-state index is -0.772. The lowest BCUT2D eigenvalue weighted by Gasteiger charge is -2.30. The van der Waals surface area contributed by atoms with Gasteiger partial charge in [-0.05, 0) is 32.4 Å². The molecular weight excluding hydrogens is 295 g/mol. The molecule has 1 unspecified atom stereocenters. The first-order valence-electron chi connectivity index (χ1n) is 6.70. The van der Waals surface area contributed by atoms with Crippen LogP contribution in [-0.4, -0.2) is 24.8 Å². The molecule has 1 rings (SSSR count). The lowest BCUT2D eigenvalue weighted by atomic mass is 9.82. The highest BCUT2D eigenvalue weighted by molar-refractivity contribution is 6.30. The van der Waals surface area contributed by atoms with E-state index < -0.39 is 22.9 Å². The summed E-state index contributed by atoms with van der Waals surface area (Å²) in [6.45, 7) is 7.37. The van der Waals surface area contributed by atoms with Crippen molar-refractivity contribution < 1.29 is 13.9 Å². The number of benzene rings is 1. The van der Waals surface area contributed by atoms with E-state index in [1.807, 2.05) is 0 Å². The summed E-state index contributed by atoms with van der Waals surface area (Å²) in [5.74, 6) is -0.516. The van der Waals surface area contributed by atoms with E-state index in [2.05, 4.69) is 5.32 Å². The van der Waals surface area contributed by atoms with Crippen LogP contribution < -0.4 is 11.1 Å². The summed E-state index contributed by atoms with van der Waals surface area (Å²) in [6.07, 6.45) is -0.565. The normalized spacial score (nSPS) is 14.4. The molecule has 21 heavy (non-hydrogen) atoms. The first kappa shape index (κ1) is 17.7. The Labute approximate surface area is 129 Å². The van der Waals surface area contributed by atoms with Crippen molar-refractivity contribution in [3.05, 3.63) is 34.6 Å². The van der Waals surface area contributed by atoms with Gasteiger partial charge in [-0.15, -0.1) is 0 Å². The van der Waals surface area contributed by atoms with Crippen LogP contribution in [0.5, 0.6) is 0 Å². The lowest BCUT2D eigenvalue weighted by Crippen LogP contribution is -2.45. The van der Waals surface area contributed by atoms with Gasteiger partial charge in [-0.25, -0.2) is 9.18 Å². The molecule has 0 spiro atoms. The van der Waals surface area contributed by atoms with Crippen molar-refractivity contribution in [2.24, 2.45) is 5.73 Å². The van der Waals surface area contributed by atoms with Gasteiger partial charge in [0.2, 0.25) is 0 Å². The van der Waals surface area contributed by atoms with Gasteiger partial charge >= 0.3 is 6.09 Å². The minimum Gasteiger partial charge on any atom is -0.444 e. The minimum absolute atomic E-state index is 0.0319. The number of amides is 1. The third kappa shape index (κ3) is 4.86. The van der Waals surface area contributed by atoms with Gasteiger partial charge in [0.05, 0.1) is 5.02 Å². The van der Waals surface area contributed by atoms with Crippen LogP contribution in [0.25, 0.3) is 0 Å². The third-order valence-corrected chi connectivity index (χ3v) is 3.37.